The van der Waals surface area contributed by atoms with Gasteiger partial charge in [0.2, 0.25) is 0 Å². The molecule has 0 aromatic heterocycles. The fourth-order valence-electron chi connectivity index (χ4n) is 2.43. The van der Waals surface area contributed by atoms with Gasteiger partial charge in [0.1, 0.15) is 0 Å². The fourth-order valence-corrected chi connectivity index (χ4v) is 2.43. The first-order valence-corrected chi connectivity index (χ1v) is 5.53. The van der Waals surface area contributed by atoms with Crippen LogP contribution in [-0.4, -0.2) is 38.1 Å². The second-order valence-electron chi connectivity index (χ2n) is 4.37. The molecule has 0 radical (unpaired) electrons. The van der Waals surface area contributed by atoms with Crippen molar-refractivity contribution in [2.24, 2.45) is 5.92 Å². The molecule has 16 heavy (non-hydrogen) atoms. The summed E-state index contributed by atoms with van der Waals surface area (Å²) < 4.78 is 4.87. The topological polar surface area (TPSA) is 29.5 Å². The standard InChI is InChI=1S/C13H17NO2/c1-14-8-11(10-6-4-3-5-7-10)12(9-14)13(15)16-2/h3-7,11-12H,8-9H2,1-2H3/t11-,12-/m1/s1. The smallest absolute Gasteiger partial charge is 0.310 e. The van der Waals surface area contributed by atoms with Crippen molar-refractivity contribution in [3.8, 4) is 0 Å². The molecule has 0 bridgehead atoms. The van der Waals surface area contributed by atoms with E-state index in [1.165, 1.54) is 12.7 Å². The quantitative estimate of drug-likeness (QED) is 0.706. The largest absolute Gasteiger partial charge is 0.469 e. The van der Waals surface area contributed by atoms with E-state index >= 15 is 0 Å². The number of carbonyl (C=O) groups is 1. The van der Waals surface area contributed by atoms with Gasteiger partial charge < -0.3 is 9.64 Å². The highest BCUT2D eigenvalue weighted by Crippen LogP contribution is 2.32. The molecule has 0 amide bonds. The van der Waals surface area contributed by atoms with Gasteiger partial charge in [-0.1, -0.05) is 30.3 Å². The Balaban J connectivity index is 2.22. The van der Waals surface area contributed by atoms with Crippen LogP contribution in [0.2, 0.25) is 0 Å². The Hall–Kier alpha value is -1.35. The molecule has 2 atom stereocenters. The zero-order valence-electron chi connectivity index (χ0n) is 9.72. The summed E-state index contributed by atoms with van der Waals surface area (Å²) in [6, 6.07) is 10.2. The number of hydrogen-bond donors (Lipinski definition) is 0. The van der Waals surface area contributed by atoms with Gasteiger partial charge in [-0.2, -0.15) is 0 Å². The van der Waals surface area contributed by atoms with Crippen molar-refractivity contribution in [3.05, 3.63) is 35.9 Å². The predicted octanol–water partition coefficient (Wildman–Crippen LogP) is 1.50. The van der Waals surface area contributed by atoms with Crippen LogP contribution in [0, 0.1) is 5.92 Å². The van der Waals surface area contributed by atoms with Crippen LogP contribution in [0.1, 0.15) is 11.5 Å². The van der Waals surface area contributed by atoms with Crippen LogP contribution in [0.3, 0.4) is 0 Å². The molecule has 0 unspecified atom stereocenters. The Morgan fingerprint density at radius 2 is 2.00 bits per heavy atom. The maximum atomic E-state index is 11.7. The summed E-state index contributed by atoms with van der Waals surface area (Å²) in [5.41, 5.74) is 1.22. The summed E-state index contributed by atoms with van der Waals surface area (Å²) in [7, 11) is 3.50. The highest BCUT2D eigenvalue weighted by Gasteiger charge is 2.37. The van der Waals surface area contributed by atoms with Gasteiger partial charge in [0.25, 0.3) is 0 Å². The molecule has 0 spiro atoms. The zero-order chi connectivity index (χ0) is 11.5. The van der Waals surface area contributed by atoms with Gasteiger partial charge in [-0.3, -0.25) is 4.79 Å². The monoisotopic (exact) mass is 219 g/mol. The Bertz CT molecular complexity index is 363. The molecule has 1 aliphatic rings. The van der Waals surface area contributed by atoms with E-state index in [1.54, 1.807) is 0 Å². The Morgan fingerprint density at radius 3 is 2.62 bits per heavy atom. The van der Waals surface area contributed by atoms with E-state index in [1.807, 2.05) is 25.2 Å². The molecule has 2 rings (SSSR count). The van der Waals surface area contributed by atoms with Crippen LogP contribution < -0.4 is 0 Å². The third-order valence-electron chi connectivity index (χ3n) is 3.23. The van der Waals surface area contributed by atoms with Crippen LogP contribution in [0.25, 0.3) is 0 Å². The van der Waals surface area contributed by atoms with Gasteiger partial charge in [0.15, 0.2) is 0 Å². The van der Waals surface area contributed by atoms with Crippen molar-refractivity contribution in [3.63, 3.8) is 0 Å². The average Bonchev–Trinajstić information content (AvgIpc) is 2.71. The molecular weight excluding hydrogens is 202 g/mol. The first kappa shape index (κ1) is 11.1. The van der Waals surface area contributed by atoms with E-state index < -0.39 is 0 Å². The highest BCUT2D eigenvalue weighted by molar-refractivity contribution is 5.74. The van der Waals surface area contributed by atoms with Crippen molar-refractivity contribution >= 4 is 5.97 Å². The second-order valence-corrected chi connectivity index (χ2v) is 4.37. The minimum atomic E-state index is -0.0989. The van der Waals surface area contributed by atoms with E-state index in [0.717, 1.165) is 13.1 Å². The molecule has 1 aromatic carbocycles. The molecule has 1 saturated heterocycles. The van der Waals surface area contributed by atoms with Gasteiger partial charge in [0, 0.05) is 19.0 Å². The van der Waals surface area contributed by atoms with Crippen LogP contribution in [0.5, 0.6) is 0 Å². The van der Waals surface area contributed by atoms with Gasteiger partial charge >= 0.3 is 5.97 Å². The first-order chi connectivity index (χ1) is 7.72. The number of rotatable bonds is 2. The SMILES string of the molecule is COC(=O)[C@@H]1CN(C)C[C@@H]1c1ccccc1. The maximum Gasteiger partial charge on any atom is 0.310 e. The molecule has 3 nitrogen and oxygen atoms in total. The van der Waals surface area contributed by atoms with Crippen molar-refractivity contribution in [2.45, 2.75) is 5.92 Å². The lowest BCUT2D eigenvalue weighted by molar-refractivity contribution is -0.145. The van der Waals surface area contributed by atoms with Crippen LogP contribution >= 0.6 is 0 Å². The number of methoxy groups -OCH3 is 1. The molecule has 1 aliphatic heterocycles. The summed E-state index contributed by atoms with van der Waals surface area (Å²) in [4.78, 5) is 13.9. The van der Waals surface area contributed by atoms with Crippen molar-refractivity contribution in [1.29, 1.82) is 0 Å². The third kappa shape index (κ3) is 2.09. The number of carbonyl (C=O) groups excluding carboxylic acids is 1. The molecule has 3 heteroatoms. The van der Waals surface area contributed by atoms with Crippen LogP contribution in [0.4, 0.5) is 0 Å². The number of hydrogen-bond acceptors (Lipinski definition) is 3. The Labute approximate surface area is 96.0 Å². The Morgan fingerprint density at radius 1 is 1.31 bits per heavy atom. The minimum absolute atomic E-state index is 0.0302. The molecular formula is C13H17NO2. The molecule has 1 aromatic rings. The van der Waals surface area contributed by atoms with Crippen LogP contribution in [0.15, 0.2) is 30.3 Å². The molecule has 0 saturated carbocycles. The molecule has 1 fully saturated rings. The lowest BCUT2D eigenvalue weighted by Gasteiger charge is -2.16. The number of esters is 1. The van der Waals surface area contributed by atoms with Gasteiger partial charge in [-0.15, -0.1) is 0 Å². The van der Waals surface area contributed by atoms with Crippen molar-refractivity contribution < 1.29 is 9.53 Å². The molecule has 0 aliphatic carbocycles. The predicted molar refractivity (Wildman–Crippen MR) is 62.2 cm³/mol. The van der Waals surface area contributed by atoms with Gasteiger partial charge in [0.05, 0.1) is 13.0 Å². The second kappa shape index (κ2) is 4.66. The lowest BCUT2D eigenvalue weighted by atomic mass is 9.89. The fraction of sp³-hybridized carbons (Fsp3) is 0.462. The number of nitrogens with zero attached hydrogens (tertiary/aromatic N) is 1. The minimum Gasteiger partial charge on any atom is -0.469 e. The highest BCUT2D eigenvalue weighted by atomic mass is 16.5. The molecule has 1 heterocycles. The lowest BCUT2D eigenvalue weighted by Crippen LogP contribution is -2.23. The number of likely N-dealkylation sites (tertiary alicyclic amines) is 1. The summed E-state index contributed by atoms with van der Waals surface area (Å²) in [6.45, 7) is 1.70. The maximum absolute atomic E-state index is 11.7. The molecule has 0 N–H and O–H groups in total. The van der Waals surface area contributed by atoms with Crippen LogP contribution in [-0.2, 0) is 9.53 Å². The zero-order valence-corrected chi connectivity index (χ0v) is 9.72. The van der Waals surface area contributed by atoms with E-state index in [0.29, 0.717) is 0 Å². The molecule has 86 valence electrons. The van der Waals surface area contributed by atoms with Crippen molar-refractivity contribution in [1.82, 2.24) is 4.90 Å². The number of ether oxygens (including phenoxy) is 1. The van der Waals surface area contributed by atoms with E-state index in [9.17, 15) is 4.79 Å². The number of likely N-dealkylation sites (N-methyl/N-ethyl adjacent to an activating group) is 1. The van der Waals surface area contributed by atoms with Gasteiger partial charge in [-0.05, 0) is 12.6 Å². The third-order valence-corrected chi connectivity index (χ3v) is 3.23. The first-order valence-electron chi connectivity index (χ1n) is 5.53. The van der Waals surface area contributed by atoms with Gasteiger partial charge in [-0.25, -0.2) is 0 Å². The Kier molecular flexibility index (Phi) is 3.25. The number of benzene rings is 1. The van der Waals surface area contributed by atoms with E-state index in [2.05, 4.69) is 17.0 Å². The van der Waals surface area contributed by atoms with E-state index in [-0.39, 0.29) is 17.8 Å². The summed E-state index contributed by atoms with van der Waals surface area (Å²) in [5.74, 6) is 0.134. The normalized spacial score (nSPS) is 25.6. The summed E-state index contributed by atoms with van der Waals surface area (Å²) >= 11 is 0. The summed E-state index contributed by atoms with van der Waals surface area (Å²) in [5, 5.41) is 0. The average molecular weight is 219 g/mol. The summed E-state index contributed by atoms with van der Waals surface area (Å²) in [6.07, 6.45) is 0. The van der Waals surface area contributed by atoms with Crippen molar-refractivity contribution in [2.75, 3.05) is 27.2 Å². The van der Waals surface area contributed by atoms with E-state index in [4.69, 9.17) is 4.74 Å².